The van der Waals surface area contributed by atoms with E-state index < -0.39 is 10.0 Å². The highest BCUT2D eigenvalue weighted by atomic mass is 32.2. The molecule has 0 heterocycles. The molecule has 0 aliphatic carbocycles. The first-order chi connectivity index (χ1) is 9.32. The summed E-state index contributed by atoms with van der Waals surface area (Å²) in [5.41, 5.74) is 6.87. The molecule has 2 N–H and O–H groups in total. The standard InChI is InChI=1S/C14H22N2O3S/c1-5-16(10-11(3)4)20(17,18)14-9-12(15)7-8-13(14)19-6-2/h7-9H,3,5-6,10,15H2,1-2,4H3. The topological polar surface area (TPSA) is 72.6 Å². The molecule has 0 aromatic heterocycles. The summed E-state index contributed by atoms with van der Waals surface area (Å²) >= 11 is 0. The molecule has 112 valence electrons. The van der Waals surface area contributed by atoms with E-state index >= 15 is 0 Å². The molecule has 5 nitrogen and oxygen atoms in total. The lowest BCUT2D eigenvalue weighted by Crippen LogP contribution is -2.32. The molecule has 1 rings (SSSR count). The monoisotopic (exact) mass is 298 g/mol. The van der Waals surface area contributed by atoms with Crippen LogP contribution in [0.5, 0.6) is 5.75 Å². The molecule has 6 heteroatoms. The first-order valence-corrected chi connectivity index (χ1v) is 7.93. The maximum Gasteiger partial charge on any atom is 0.247 e. The van der Waals surface area contributed by atoms with Crippen molar-refractivity contribution in [2.45, 2.75) is 25.7 Å². The Morgan fingerprint density at radius 2 is 2.05 bits per heavy atom. The minimum Gasteiger partial charge on any atom is -0.492 e. The summed E-state index contributed by atoms with van der Waals surface area (Å²) in [7, 11) is -3.65. The molecule has 0 saturated carbocycles. The van der Waals surface area contributed by atoms with E-state index in [-0.39, 0.29) is 11.4 Å². The van der Waals surface area contributed by atoms with Crippen molar-refractivity contribution in [2.75, 3.05) is 25.4 Å². The van der Waals surface area contributed by atoms with Crippen molar-refractivity contribution in [3.05, 3.63) is 30.4 Å². The minimum atomic E-state index is -3.65. The summed E-state index contributed by atoms with van der Waals surface area (Å²) in [6.07, 6.45) is 0. The summed E-state index contributed by atoms with van der Waals surface area (Å²) in [4.78, 5) is 0.0995. The van der Waals surface area contributed by atoms with Crippen LogP contribution in [0, 0.1) is 0 Å². The molecule has 20 heavy (non-hydrogen) atoms. The Kier molecular flexibility index (Phi) is 5.59. The van der Waals surface area contributed by atoms with Gasteiger partial charge in [0.05, 0.1) is 6.61 Å². The molecule has 1 aromatic carbocycles. The molecule has 0 fully saturated rings. The molecule has 0 amide bonds. The van der Waals surface area contributed by atoms with Crippen molar-refractivity contribution in [2.24, 2.45) is 0 Å². The molecule has 0 atom stereocenters. The molecule has 0 unspecified atom stereocenters. The molecular formula is C14H22N2O3S. The third kappa shape index (κ3) is 3.74. The van der Waals surface area contributed by atoms with Crippen molar-refractivity contribution in [1.82, 2.24) is 4.31 Å². The number of sulfonamides is 1. The van der Waals surface area contributed by atoms with Gasteiger partial charge in [-0.2, -0.15) is 4.31 Å². The molecular weight excluding hydrogens is 276 g/mol. The predicted molar refractivity (Wildman–Crippen MR) is 81.3 cm³/mol. The molecule has 0 bridgehead atoms. The molecule has 1 aromatic rings. The fourth-order valence-electron chi connectivity index (χ4n) is 1.81. The van der Waals surface area contributed by atoms with Crippen LogP contribution < -0.4 is 10.5 Å². The number of rotatable bonds is 7. The lowest BCUT2D eigenvalue weighted by molar-refractivity contribution is 0.329. The predicted octanol–water partition coefficient (Wildman–Crippen LogP) is 2.25. The first-order valence-electron chi connectivity index (χ1n) is 6.49. The van der Waals surface area contributed by atoms with Crippen LogP contribution in [0.1, 0.15) is 20.8 Å². The van der Waals surface area contributed by atoms with Crippen molar-refractivity contribution in [1.29, 1.82) is 0 Å². The Bertz CT molecular complexity index is 582. The summed E-state index contributed by atoms with van der Waals surface area (Å²) in [6, 6.07) is 4.64. The van der Waals surface area contributed by atoms with E-state index in [4.69, 9.17) is 10.5 Å². The third-order valence-corrected chi connectivity index (χ3v) is 4.63. The van der Waals surface area contributed by atoms with Gasteiger partial charge >= 0.3 is 0 Å². The van der Waals surface area contributed by atoms with Gasteiger partial charge < -0.3 is 10.5 Å². The summed E-state index contributed by atoms with van der Waals surface area (Å²) < 4.78 is 32.1. The van der Waals surface area contributed by atoms with Gasteiger partial charge in [-0.05, 0) is 32.0 Å². The molecule has 0 saturated heterocycles. The van der Waals surface area contributed by atoms with E-state index in [1.807, 2.05) is 0 Å². The van der Waals surface area contributed by atoms with Crippen LogP contribution in [0.2, 0.25) is 0 Å². The van der Waals surface area contributed by atoms with E-state index in [0.717, 1.165) is 5.57 Å². The zero-order valence-electron chi connectivity index (χ0n) is 12.2. The first kappa shape index (κ1) is 16.5. The SMILES string of the molecule is C=C(C)CN(CC)S(=O)(=O)c1cc(N)ccc1OCC. The van der Waals surface area contributed by atoms with Crippen LogP contribution in [0.4, 0.5) is 5.69 Å². The van der Waals surface area contributed by atoms with E-state index in [0.29, 0.717) is 24.6 Å². The van der Waals surface area contributed by atoms with Gasteiger partial charge in [-0.3, -0.25) is 0 Å². The van der Waals surface area contributed by atoms with Gasteiger partial charge in [0.2, 0.25) is 10.0 Å². The Hall–Kier alpha value is -1.53. The van der Waals surface area contributed by atoms with Gasteiger partial charge in [0.1, 0.15) is 10.6 Å². The van der Waals surface area contributed by atoms with Gasteiger partial charge in [0.15, 0.2) is 0 Å². The smallest absolute Gasteiger partial charge is 0.247 e. The second-order valence-electron chi connectivity index (χ2n) is 4.53. The Balaban J connectivity index is 3.32. The number of nitrogens with two attached hydrogens (primary N) is 1. The summed E-state index contributed by atoms with van der Waals surface area (Å²) in [5.74, 6) is 0.321. The van der Waals surface area contributed by atoms with Gasteiger partial charge in [-0.25, -0.2) is 8.42 Å². The number of nitrogen functional groups attached to an aromatic ring is 1. The van der Waals surface area contributed by atoms with Crippen LogP contribution >= 0.6 is 0 Å². The zero-order valence-corrected chi connectivity index (χ0v) is 13.0. The minimum absolute atomic E-state index is 0.0995. The fourth-order valence-corrected chi connectivity index (χ4v) is 3.48. The largest absolute Gasteiger partial charge is 0.492 e. The average molecular weight is 298 g/mol. The highest BCUT2D eigenvalue weighted by Gasteiger charge is 2.26. The second-order valence-corrected chi connectivity index (χ2v) is 6.43. The van der Waals surface area contributed by atoms with Gasteiger partial charge in [-0.1, -0.05) is 19.1 Å². The van der Waals surface area contributed by atoms with E-state index in [1.54, 1.807) is 32.9 Å². The van der Waals surface area contributed by atoms with Crippen LogP contribution in [0.3, 0.4) is 0 Å². The lowest BCUT2D eigenvalue weighted by atomic mass is 10.3. The van der Waals surface area contributed by atoms with Gasteiger partial charge in [0, 0.05) is 18.8 Å². The lowest BCUT2D eigenvalue weighted by Gasteiger charge is -2.22. The molecule has 0 aliphatic heterocycles. The third-order valence-electron chi connectivity index (χ3n) is 2.68. The molecule has 0 aliphatic rings. The van der Waals surface area contributed by atoms with E-state index in [9.17, 15) is 8.42 Å². The summed E-state index contributed by atoms with van der Waals surface area (Å²) in [5, 5.41) is 0. The van der Waals surface area contributed by atoms with Gasteiger partial charge in [-0.15, -0.1) is 0 Å². The maximum atomic E-state index is 12.7. The zero-order chi connectivity index (χ0) is 15.3. The van der Waals surface area contributed by atoms with Crippen LogP contribution in [0.15, 0.2) is 35.2 Å². The number of nitrogens with zero attached hydrogens (tertiary/aromatic N) is 1. The number of ether oxygens (including phenoxy) is 1. The summed E-state index contributed by atoms with van der Waals surface area (Å²) in [6.45, 7) is 10.2. The normalized spacial score (nSPS) is 11.6. The van der Waals surface area contributed by atoms with Crippen molar-refractivity contribution in [3.8, 4) is 5.75 Å². The van der Waals surface area contributed by atoms with Gasteiger partial charge in [0.25, 0.3) is 0 Å². The van der Waals surface area contributed by atoms with E-state index in [1.165, 1.54) is 10.4 Å². The van der Waals surface area contributed by atoms with Crippen LogP contribution in [0.25, 0.3) is 0 Å². The van der Waals surface area contributed by atoms with Crippen molar-refractivity contribution < 1.29 is 13.2 Å². The Labute approximate surface area is 121 Å². The number of benzene rings is 1. The molecule has 0 radical (unpaired) electrons. The number of likely N-dealkylation sites (N-methyl/N-ethyl adjacent to an activating group) is 1. The number of hydrogen-bond donors (Lipinski definition) is 1. The van der Waals surface area contributed by atoms with Crippen LogP contribution in [-0.4, -0.2) is 32.4 Å². The van der Waals surface area contributed by atoms with E-state index in [2.05, 4.69) is 6.58 Å². The van der Waals surface area contributed by atoms with Crippen molar-refractivity contribution in [3.63, 3.8) is 0 Å². The number of anilines is 1. The highest BCUT2D eigenvalue weighted by molar-refractivity contribution is 7.89. The quantitative estimate of drug-likeness (QED) is 0.619. The van der Waals surface area contributed by atoms with Crippen molar-refractivity contribution >= 4 is 15.7 Å². The highest BCUT2D eigenvalue weighted by Crippen LogP contribution is 2.29. The second kappa shape index (κ2) is 6.76. The Morgan fingerprint density at radius 1 is 1.40 bits per heavy atom. The fraction of sp³-hybridized carbons (Fsp3) is 0.429. The van der Waals surface area contributed by atoms with Crippen LogP contribution in [-0.2, 0) is 10.0 Å². The Morgan fingerprint density at radius 3 is 2.55 bits per heavy atom. The molecule has 0 spiro atoms. The maximum absolute atomic E-state index is 12.7. The average Bonchev–Trinajstić information content (AvgIpc) is 2.37. The number of hydrogen-bond acceptors (Lipinski definition) is 4.